The Balaban J connectivity index is 3.04. The molecule has 0 aliphatic carbocycles. The first-order chi connectivity index (χ1) is 6.27. The second kappa shape index (κ2) is 9.68. The summed E-state index contributed by atoms with van der Waals surface area (Å²) in [6.45, 7) is 0.758. The quantitative estimate of drug-likeness (QED) is 0.404. The first kappa shape index (κ1) is 12.6. The van der Waals surface area contributed by atoms with Crippen molar-refractivity contribution in [3.8, 4) is 0 Å². The maximum absolute atomic E-state index is 10.2. The van der Waals surface area contributed by atoms with E-state index in [0.29, 0.717) is 0 Å². The summed E-state index contributed by atoms with van der Waals surface area (Å²) < 4.78 is 0. The Kier molecular flexibility index (Phi) is 9.37. The number of rotatable bonds is 7. The number of allylic oxidation sites excluding steroid dienone is 1. The Bertz CT molecular complexity index is 168. The first-order valence-corrected chi connectivity index (χ1v) is 5.64. The van der Waals surface area contributed by atoms with Crippen LogP contribution in [0.3, 0.4) is 0 Å². The van der Waals surface area contributed by atoms with E-state index in [2.05, 4.69) is 5.32 Å². The molecule has 0 bridgehead atoms. The molecule has 0 aromatic heterocycles. The smallest absolute Gasteiger partial charge is 0.229 e. The van der Waals surface area contributed by atoms with Gasteiger partial charge >= 0.3 is 0 Å². The lowest BCUT2D eigenvalue weighted by molar-refractivity contribution is -0.167. The molecule has 0 spiro atoms. The number of nitrogens with one attached hydrogen (secondary N) is 1. The van der Waals surface area contributed by atoms with Crippen LogP contribution in [0.1, 0.15) is 25.7 Å². The van der Waals surface area contributed by atoms with E-state index in [0.717, 1.165) is 32.2 Å². The molecule has 0 aromatic carbocycles. The lowest BCUT2D eigenvalue weighted by Crippen LogP contribution is -2.13. The van der Waals surface area contributed by atoms with Crippen LogP contribution in [0, 0.1) is 0 Å². The van der Waals surface area contributed by atoms with E-state index in [1.165, 1.54) is 5.92 Å². The van der Waals surface area contributed by atoms with Gasteiger partial charge in [0, 0.05) is 6.54 Å². The molecule has 76 valence electrons. The minimum Gasteiger partial charge on any atom is -0.602 e. The topological polar surface area (TPSA) is 81.3 Å². The standard InChI is InChI=1S/C8H17N2O2P/c9-6-4-2-1-3-5-7-10-8-13(11)12/h4,6,8,10H,1-3,5,7,9H2,(H,11,12). The van der Waals surface area contributed by atoms with E-state index in [9.17, 15) is 4.89 Å². The van der Waals surface area contributed by atoms with Crippen LogP contribution in [-0.2, 0) is 0 Å². The fourth-order valence-corrected chi connectivity index (χ4v) is 1.19. The summed E-state index contributed by atoms with van der Waals surface area (Å²) >= 11 is 0. The molecule has 0 heterocycles. The third kappa shape index (κ3) is 11.6. The van der Waals surface area contributed by atoms with Crippen molar-refractivity contribution < 1.29 is 9.79 Å². The van der Waals surface area contributed by atoms with E-state index < -0.39 is 8.00 Å². The zero-order valence-corrected chi connectivity index (χ0v) is 8.54. The molecular weight excluding hydrogens is 187 g/mol. The van der Waals surface area contributed by atoms with Crippen LogP contribution in [0.25, 0.3) is 0 Å². The largest absolute Gasteiger partial charge is 0.602 e. The SMILES string of the molecule is NC=CCCCCCN/C=[P+](\[O-])O. The van der Waals surface area contributed by atoms with Gasteiger partial charge in [0.05, 0.1) is 0 Å². The van der Waals surface area contributed by atoms with Crippen LogP contribution >= 0.6 is 8.00 Å². The maximum Gasteiger partial charge on any atom is 0.229 e. The molecule has 0 rings (SSSR count). The van der Waals surface area contributed by atoms with Crippen LogP contribution in [0.15, 0.2) is 12.3 Å². The molecule has 4 nitrogen and oxygen atoms in total. The van der Waals surface area contributed by atoms with Gasteiger partial charge in [0.1, 0.15) is 0 Å². The number of hydrogen-bond acceptors (Lipinski definition) is 3. The second-order valence-electron chi connectivity index (χ2n) is 2.66. The normalized spacial score (nSPS) is 12.6. The zero-order valence-electron chi connectivity index (χ0n) is 7.65. The molecule has 0 amide bonds. The minimum atomic E-state index is -2.14. The molecule has 0 saturated carbocycles. The summed E-state index contributed by atoms with van der Waals surface area (Å²) in [5.74, 6) is 1.22. The Morgan fingerprint density at radius 3 is 2.77 bits per heavy atom. The Hall–Kier alpha value is -0.410. The van der Waals surface area contributed by atoms with Crippen molar-refractivity contribution in [2.24, 2.45) is 5.73 Å². The highest BCUT2D eigenvalue weighted by molar-refractivity contribution is 7.43. The molecule has 0 radical (unpaired) electrons. The number of hydrogen-bond donors (Lipinski definition) is 3. The van der Waals surface area contributed by atoms with Crippen molar-refractivity contribution in [1.82, 2.24) is 5.32 Å². The van der Waals surface area contributed by atoms with Crippen LogP contribution < -0.4 is 15.9 Å². The van der Waals surface area contributed by atoms with Gasteiger partial charge in [-0.3, -0.25) is 5.32 Å². The summed E-state index contributed by atoms with van der Waals surface area (Å²) in [4.78, 5) is 18.6. The van der Waals surface area contributed by atoms with Gasteiger partial charge in [-0.2, -0.15) is 4.89 Å². The molecule has 0 aliphatic heterocycles. The molecule has 4 N–H and O–H groups in total. The second-order valence-corrected chi connectivity index (χ2v) is 3.53. The summed E-state index contributed by atoms with van der Waals surface area (Å²) in [5.41, 5.74) is 5.17. The van der Waals surface area contributed by atoms with Crippen molar-refractivity contribution in [3.63, 3.8) is 0 Å². The van der Waals surface area contributed by atoms with Crippen LogP contribution in [0.5, 0.6) is 0 Å². The van der Waals surface area contributed by atoms with Crippen molar-refractivity contribution in [3.05, 3.63) is 12.3 Å². The third-order valence-corrected chi connectivity index (χ3v) is 1.93. The Morgan fingerprint density at radius 2 is 2.15 bits per heavy atom. The van der Waals surface area contributed by atoms with Gasteiger partial charge in [0.2, 0.25) is 8.00 Å². The average molecular weight is 204 g/mol. The fourth-order valence-electron chi connectivity index (χ4n) is 0.905. The minimum absolute atomic E-state index is 0.758. The van der Waals surface area contributed by atoms with Crippen LogP contribution in [-0.4, -0.2) is 17.4 Å². The average Bonchev–Trinajstić information content (AvgIpc) is 2.09. The van der Waals surface area contributed by atoms with Crippen molar-refractivity contribution in [1.29, 1.82) is 0 Å². The van der Waals surface area contributed by atoms with E-state index in [4.69, 9.17) is 10.6 Å². The summed E-state index contributed by atoms with van der Waals surface area (Å²) in [6, 6.07) is 0. The van der Waals surface area contributed by atoms with Crippen LogP contribution in [0.2, 0.25) is 0 Å². The van der Waals surface area contributed by atoms with Gasteiger partial charge in [-0.05, 0) is 25.5 Å². The predicted molar refractivity (Wildman–Crippen MR) is 55.0 cm³/mol. The molecule has 0 aromatic rings. The van der Waals surface area contributed by atoms with E-state index in [-0.39, 0.29) is 0 Å². The molecule has 1 atom stereocenters. The molecule has 0 saturated heterocycles. The highest BCUT2D eigenvalue weighted by Gasteiger charge is 1.89. The highest BCUT2D eigenvalue weighted by atomic mass is 31.1. The molecule has 0 fully saturated rings. The van der Waals surface area contributed by atoms with Crippen molar-refractivity contribution >= 4 is 13.9 Å². The van der Waals surface area contributed by atoms with Gasteiger partial charge in [0.15, 0.2) is 5.92 Å². The van der Waals surface area contributed by atoms with Gasteiger partial charge in [-0.25, -0.2) is 0 Å². The monoisotopic (exact) mass is 204 g/mol. The van der Waals surface area contributed by atoms with Gasteiger partial charge in [-0.15, -0.1) is 0 Å². The molecule has 5 heteroatoms. The third-order valence-electron chi connectivity index (χ3n) is 1.53. The lowest BCUT2D eigenvalue weighted by Gasteiger charge is -1.97. The Labute approximate surface area is 80.0 Å². The zero-order chi connectivity index (χ0) is 9.94. The van der Waals surface area contributed by atoms with Gasteiger partial charge in [0.25, 0.3) is 0 Å². The summed E-state index contributed by atoms with van der Waals surface area (Å²) in [6.07, 6.45) is 7.73. The van der Waals surface area contributed by atoms with E-state index in [1.807, 2.05) is 6.08 Å². The number of nitrogens with two attached hydrogens (primary N) is 1. The summed E-state index contributed by atoms with van der Waals surface area (Å²) in [5, 5.41) is 2.77. The summed E-state index contributed by atoms with van der Waals surface area (Å²) in [7, 11) is -2.14. The van der Waals surface area contributed by atoms with E-state index >= 15 is 0 Å². The van der Waals surface area contributed by atoms with E-state index in [1.54, 1.807) is 6.20 Å². The fraction of sp³-hybridized carbons (Fsp3) is 0.625. The lowest BCUT2D eigenvalue weighted by atomic mass is 10.2. The molecule has 0 aliphatic rings. The van der Waals surface area contributed by atoms with Crippen molar-refractivity contribution in [2.45, 2.75) is 25.7 Å². The maximum atomic E-state index is 10.2. The molecular formula is C8H17N2O2P. The first-order valence-electron chi connectivity index (χ1n) is 4.36. The Morgan fingerprint density at radius 1 is 1.38 bits per heavy atom. The van der Waals surface area contributed by atoms with Crippen LogP contribution in [0.4, 0.5) is 0 Å². The van der Waals surface area contributed by atoms with Gasteiger partial charge < -0.3 is 10.6 Å². The number of unbranched alkanes of at least 4 members (excludes halogenated alkanes) is 3. The molecule has 13 heavy (non-hydrogen) atoms. The molecule has 1 unspecified atom stereocenters. The highest BCUT2D eigenvalue weighted by Crippen LogP contribution is 1.99. The predicted octanol–water partition coefficient (Wildman–Crippen LogP) is 0.0330. The van der Waals surface area contributed by atoms with Gasteiger partial charge in [-0.1, -0.05) is 12.5 Å². The van der Waals surface area contributed by atoms with Crippen molar-refractivity contribution in [2.75, 3.05) is 6.54 Å².